The van der Waals surface area contributed by atoms with Crippen molar-refractivity contribution in [1.82, 2.24) is 0 Å². The fourth-order valence-corrected chi connectivity index (χ4v) is 0.941. The molecule has 0 saturated heterocycles. The van der Waals surface area contributed by atoms with E-state index in [1.807, 2.05) is 48.6 Å². The second kappa shape index (κ2) is 11.5. The summed E-state index contributed by atoms with van der Waals surface area (Å²) in [5.41, 5.74) is 0.965. The molecular formula is C15H20O. The van der Waals surface area contributed by atoms with E-state index >= 15 is 0 Å². The van der Waals surface area contributed by atoms with Crippen molar-refractivity contribution in [3.63, 3.8) is 0 Å². The fraction of sp³-hybridized carbons (Fsp3) is 0.200. The van der Waals surface area contributed by atoms with Crippen LogP contribution in [-0.4, -0.2) is 5.11 Å². The average molecular weight is 216 g/mol. The molecule has 1 aromatic carbocycles. The van der Waals surface area contributed by atoms with E-state index < -0.39 is 0 Å². The lowest BCUT2D eigenvalue weighted by Crippen LogP contribution is -1.77. The summed E-state index contributed by atoms with van der Waals surface area (Å²) >= 11 is 0. The summed E-state index contributed by atoms with van der Waals surface area (Å²) in [4.78, 5) is 0. The third-order valence-corrected chi connectivity index (χ3v) is 1.76. The van der Waals surface area contributed by atoms with Gasteiger partial charge in [0.2, 0.25) is 0 Å². The molecule has 0 saturated carbocycles. The van der Waals surface area contributed by atoms with Crippen LogP contribution in [0.25, 0.3) is 0 Å². The van der Waals surface area contributed by atoms with Gasteiger partial charge in [-0.15, -0.1) is 0 Å². The summed E-state index contributed by atoms with van der Waals surface area (Å²) in [7, 11) is 0. The molecule has 0 fully saturated rings. The van der Waals surface area contributed by atoms with E-state index in [-0.39, 0.29) is 6.61 Å². The van der Waals surface area contributed by atoms with Crippen LogP contribution in [0.5, 0.6) is 0 Å². The number of aliphatic hydroxyl groups is 1. The number of allylic oxidation sites excluding steroid dienone is 5. The summed E-state index contributed by atoms with van der Waals surface area (Å²) < 4.78 is 0. The van der Waals surface area contributed by atoms with Gasteiger partial charge in [-0.05, 0) is 12.0 Å². The summed E-state index contributed by atoms with van der Waals surface area (Å²) in [6.45, 7) is 5.79. The highest BCUT2D eigenvalue weighted by atomic mass is 16.3. The van der Waals surface area contributed by atoms with Gasteiger partial charge in [0.05, 0.1) is 6.61 Å². The van der Waals surface area contributed by atoms with E-state index in [0.717, 1.165) is 12.0 Å². The molecule has 1 nitrogen and oxygen atoms in total. The Morgan fingerprint density at radius 3 is 2.25 bits per heavy atom. The van der Waals surface area contributed by atoms with Crippen molar-refractivity contribution in [2.24, 2.45) is 0 Å². The lowest BCUT2D eigenvalue weighted by atomic mass is 10.2. The lowest BCUT2D eigenvalue weighted by molar-refractivity contribution is 0.282. The lowest BCUT2D eigenvalue weighted by Gasteiger charge is -1.89. The Kier molecular flexibility index (Phi) is 10.3. The molecule has 0 spiro atoms. The summed E-state index contributed by atoms with van der Waals surface area (Å²) in [5, 5.41) is 8.54. The minimum Gasteiger partial charge on any atom is -0.392 e. The van der Waals surface area contributed by atoms with Crippen LogP contribution in [0, 0.1) is 0 Å². The van der Waals surface area contributed by atoms with Gasteiger partial charge in [0.1, 0.15) is 0 Å². The van der Waals surface area contributed by atoms with Crippen LogP contribution in [0.15, 0.2) is 67.3 Å². The number of hydrogen-bond donors (Lipinski definition) is 1. The molecule has 0 atom stereocenters. The number of aliphatic hydroxyl groups excluding tert-OH is 1. The molecule has 0 radical (unpaired) electrons. The summed E-state index contributed by atoms with van der Waals surface area (Å²) in [5.74, 6) is 0. The molecule has 1 heteroatoms. The number of rotatable bonds is 4. The van der Waals surface area contributed by atoms with E-state index in [1.165, 1.54) is 0 Å². The van der Waals surface area contributed by atoms with Crippen molar-refractivity contribution < 1.29 is 5.11 Å². The van der Waals surface area contributed by atoms with Gasteiger partial charge >= 0.3 is 0 Å². The Labute approximate surface area is 98.4 Å². The van der Waals surface area contributed by atoms with Crippen LogP contribution in [0.4, 0.5) is 0 Å². The Morgan fingerprint density at radius 1 is 1.12 bits per heavy atom. The minimum absolute atomic E-state index is 0.140. The Balaban J connectivity index is 0.000000281. The maximum absolute atomic E-state index is 8.54. The molecule has 0 heterocycles. The molecule has 86 valence electrons. The molecule has 1 rings (SSSR count). The quantitative estimate of drug-likeness (QED) is 0.757. The maximum atomic E-state index is 8.54. The molecule has 0 unspecified atom stereocenters. The Bertz CT molecular complexity index is 309. The van der Waals surface area contributed by atoms with Gasteiger partial charge in [0.15, 0.2) is 0 Å². The number of benzene rings is 1. The molecule has 0 aliphatic carbocycles. The zero-order chi connectivity index (χ0) is 12.1. The van der Waals surface area contributed by atoms with E-state index in [9.17, 15) is 0 Å². The van der Waals surface area contributed by atoms with Gasteiger partial charge < -0.3 is 5.11 Å². The van der Waals surface area contributed by atoms with Crippen LogP contribution in [0.3, 0.4) is 0 Å². The zero-order valence-corrected chi connectivity index (χ0v) is 9.84. The normalized spacial score (nSPS) is 10.1. The topological polar surface area (TPSA) is 20.2 Å². The molecule has 0 bridgehead atoms. The average Bonchev–Trinajstić information content (AvgIpc) is 2.36. The first-order chi connectivity index (χ1) is 7.85. The minimum atomic E-state index is 0.140. The van der Waals surface area contributed by atoms with Gasteiger partial charge in [-0.3, -0.25) is 0 Å². The predicted molar refractivity (Wildman–Crippen MR) is 71.1 cm³/mol. The van der Waals surface area contributed by atoms with Crippen molar-refractivity contribution >= 4 is 0 Å². The van der Waals surface area contributed by atoms with Crippen molar-refractivity contribution in [3.8, 4) is 0 Å². The third-order valence-electron chi connectivity index (χ3n) is 1.76. The first kappa shape index (κ1) is 14.4. The highest BCUT2D eigenvalue weighted by molar-refractivity contribution is 5.13. The monoisotopic (exact) mass is 216 g/mol. The second-order valence-corrected chi connectivity index (χ2v) is 3.10. The van der Waals surface area contributed by atoms with E-state index in [0.29, 0.717) is 0 Å². The first-order valence-corrected chi connectivity index (χ1v) is 5.44. The third kappa shape index (κ3) is 8.97. The van der Waals surface area contributed by atoms with Gasteiger partial charge in [0.25, 0.3) is 0 Å². The molecule has 0 aliphatic heterocycles. The largest absolute Gasteiger partial charge is 0.392 e. The highest BCUT2D eigenvalue weighted by Crippen LogP contribution is 1.95. The van der Waals surface area contributed by atoms with E-state index in [1.54, 1.807) is 6.08 Å². The van der Waals surface area contributed by atoms with Crippen LogP contribution in [0.2, 0.25) is 0 Å². The Hall–Kier alpha value is -1.60. The molecule has 0 aromatic heterocycles. The SMILES string of the molecule is C=CC=CC=CCC.OCc1ccccc1. The van der Waals surface area contributed by atoms with Gasteiger partial charge in [0, 0.05) is 0 Å². The number of hydrogen-bond acceptors (Lipinski definition) is 1. The molecule has 0 amide bonds. The van der Waals surface area contributed by atoms with Crippen LogP contribution < -0.4 is 0 Å². The van der Waals surface area contributed by atoms with Gasteiger partial charge in [-0.25, -0.2) is 0 Å². The van der Waals surface area contributed by atoms with Crippen molar-refractivity contribution in [3.05, 3.63) is 72.9 Å². The highest BCUT2D eigenvalue weighted by Gasteiger charge is 1.81. The zero-order valence-electron chi connectivity index (χ0n) is 9.84. The van der Waals surface area contributed by atoms with Gasteiger partial charge in [-0.2, -0.15) is 0 Å². The standard InChI is InChI=1S/C8H12.C7H8O/c1-3-5-7-8-6-4-2;8-6-7-4-2-1-3-5-7/h3,5-8H,1,4H2,2H3;1-5,8H,6H2. The van der Waals surface area contributed by atoms with Crippen LogP contribution in [0.1, 0.15) is 18.9 Å². The smallest absolute Gasteiger partial charge is 0.0681 e. The van der Waals surface area contributed by atoms with E-state index in [4.69, 9.17) is 5.11 Å². The van der Waals surface area contributed by atoms with Crippen molar-refractivity contribution in [1.29, 1.82) is 0 Å². The van der Waals surface area contributed by atoms with Crippen LogP contribution in [-0.2, 0) is 6.61 Å². The van der Waals surface area contributed by atoms with Crippen molar-refractivity contribution in [2.45, 2.75) is 20.0 Å². The molecule has 0 aliphatic rings. The molecular weight excluding hydrogens is 196 g/mol. The van der Waals surface area contributed by atoms with Crippen LogP contribution >= 0.6 is 0 Å². The van der Waals surface area contributed by atoms with Crippen molar-refractivity contribution in [2.75, 3.05) is 0 Å². The Morgan fingerprint density at radius 2 is 1.81 bits per heavy atom. The predicted octanol–water partition coefficient (Wildman–Crippen LogP) is 3.87. The second-order valence-electron chi connectivity index (χ2n) is 3.10. The summed E-state index contributed by atoms with van der Waals surface area (Å²) in [6, 6.07) is 9.52. The fourth-order valence-electron chi connectivity index (χ4n) is 0.941. The molecule has 16 heavy (non-hydrogen) atoms. The maximum Gasteiger partial charge on any atom is 0.0681 e. The summed E-state index contributed by atoms with van der Waals surface area (Å²) in [6.07, 6.45) is 10.9. The molecule has 1 aromatic rings. The van der Waals surface area contributed by atoms with Gasteiger partial charge in [-0.1, -0.05) is 74.2 Å². The van der Waals surface area contributed by atoms with E-state index in [2.05, 4.69) is 19.6 Å². The molecule has 1 N–H and O–H groups in total. The first-order valence-electron chi connectivity index (χ1n) is 5.44.